The molecule has 1 aromatic rings. The summed E-state index contributed by atoms with van der Waals surface area (Å²) < 4.78 is 5.39. The SMILES string of the molecule is COc1cccc(CC2(C(=O)N3CCCC(N)C3)CC3CCC2C3)c1.Cl. The summed E-state index contributed by atoms with van der Waals surface area (Å²) in [5.41, 5.74) is 7.17. The number of nitrogens with zero attached hydrogens (tertiary/aromatic N) is 1. The van der Waals surface area contributed by atoms with Gasteiger partial charge in [0.15, 0.2) is 0 Å². The highest BCUT2D eigenvalue weighted by Crippen LogP contribution is 2.58. The first-order valence-electron chi connectivity index (χ1n) is 9.78. The molecule has 2 saturated carbocycles. The Bertz CT molecular complexity index is 653. The highest BCUT2D eigenvalue weighted by atomic mass is 35.5. The molecule has 5 heteroatoms. The third kappa shape index (κ3) is 3.46. The van der Waals surface area contributed by atoms with Gasteiger partial charge in [0.2, 0.25) is 5.91 Å². The highest BCUT2D eigenvalue weighted by Gasteiger charge is 2.56. The van der Waals surface area contributed by atoms with Crippen molar-refractivity contribution in [2.45, 2.75) is 51.0 Å². The van der Waals surface area contributed by atoms with Crippen molar-refractivity contribution in [1.82, 2.24) is 4.90 Å². The molecule has 0 radical (unpaired) electrons. The number of fused-ring (bicyclic) bond motifs is 2. The molecule has 1 aromatic carbocycles. The third-order valence-electron chi connectivity index (χ3n) is 6.80. The number of carbonyl (C=O) groups excluding carboxylic acids is 1. The number of rotatable bonds is 4. The zero-order chi connectivity index (χ0) is 17.4. The normalized spacial score (nSPS) is 33.0. The van der Waals surface area contributed by atoms with Gasteiger partial charge in [0.25, 0.3) is 0 Å². The first-order valence-corrected chi connectivity index (χ1v) is 9.78. The van der Waals surface area contributed by atoms with Crippen LogP contribution in [0.25, 0.3) is 0 Å². The first kappa shape index (κ1) is 19.5. The molecule has 1 amide bonds. The van der Waals surface area contributed by atoms with E-state index in [9.17, 15) is 4.79 Å². The van der Waals surface area contributed by atoms with Gasteiger partial charge in [-0.3, -0.25) is 4.79 Å². The average Bonchev–Trinajstić information content (AvgIpc) is 3.23. The van der Waals surface area contributed by atoms with E-state index in [1.807, 2.05) is 12.1 Å². The van der Waals surface area contributed by atoms with E-state index in [1.165, 1.54) is 24.8 Å². The van der Waals surface area contributed by atoms with Crippen LogP contribution in [0.3, 0.4) is 0 Å². The molecule has 1 saturated heterocycles. The number of methoxy groups -OCH3 is 1. The predicted molar refractivity (Wildman–Crippen MR) is 106 cm³/mol. The molecule has 2 bridgehead atoms. The number of benzene rings is 1. The van der Waals surface area contributed by atoms with Crippen LogP contribution in [0.2, 0.25) is 0 Å². The Kier molecular flexibility index (Phi) is 5.83. The molecule has 1 aliphatic heterocycles. The molecule has 4 unspecified atom stereocenters. The van der Waals surface area contributed by atoms with Crippen LogP contribution in [0, 0.1) is 17.3 Å². The minimum Gasteiger partial charge on any atom is -0.497 e. The van der Waals surface area contributed by atoms with Crippen LogP contribution in [0.15, 0.2) is 24.3 Å². The van der Waals surface area contributed by atoms with Crippen molar-refractivity contribution in [2.75, 3.05) is 20.2 Å². The molecule has 2 aliphatic carbocycles. The van der Waals surface area contributed by atoms with Crippen LogP contribution in [-0.2, 0) is 11.2 Å². The molecule has 0 aromatic heterocycles. The third-order valence-corrected chi connectivity index (χ3v) is 6.80. The number of amides is 1. The van der Waals surface area contributed by atoms with Crippen molar-refractivity contribution in [2.24, 2.45) is 23.0 Å². The Hall–Kier alpha value is -1.26. The van der Waals surface area contributed by atoms with Crippen LogP contribution >= 0.6 is 12.4 Å². The summed E-state index contributed by atoms with van der Waals surface area (Å²) >= 11 is 0. The average molecular weight is 379 g/mol. The zero-order valence-corrected chi connectivity index (χ0v) is 16.5. The summed E-state index contributed by atoms with van der Waals surface area (Å²) in [6.45, 7) is 1.61. The van der Waals surface area contributed by atoms with Crippen molar-refractivity contribution >= 4 is 18.3 Å². The minimum absolute atomic E-state index is 0. The maximum atomic E-state index is 13.7. The fourth-order valence-corrected chi connectivity index (χ4v) is 5.65. The fraction of sp³-hybridized carbons (Fsp3) is 0.667. The maximum Gasteiger partial charge on any atom is 0.229 e. The van der Waals surface area contributed by atoms with Gasteiger partial charge in [-0.2, -0.15) is 0 Å². The lowest BCUT2D eigenvalue weighted by atomic mass is 9.68. The number of carbonyl (C=O) groups is 1. The van der Waals surface area contributed by atoms with E-state index in [0.29, 0.717) is 11.8 Å². The van der Waals surface area contributed by atoms with E-state index < -0.39 is 0 Å². The molecular formula is C21H31ClN2O2. The summed E-state index contributed by atoms with van der Waals surface area (Å²) in [7, 11) is 1.70. The number of nitrogens with two attached hydrogens (primary N) is 1. The maximum absolute atomic E-state index is 13.7. The largest absolute Gasteiger partial charge is 0.497 e. The molecular weight excluding hydrogens is 348 g/mol. The second-order valence-corrected chi connectivity index (χ2v) is 8.42. The van der Waals surface area contributed by atoms with Crippen molar-refractivity contribution in [3.63, 3.8) is 0 Å². The van der Waals surface area contributed by atoms with Gasteiger partial charge >= 0.3 is 0 Å². The Morgan fingerprint density at radius 3 is 2.85 bits per heavy atom. The number of likely N-dealkylation sites (tertiary alicyclic amines) is 1. The summed E-state index contributed by atoms with van der Waals surface area (Å²) in [5.74, 6) is 2.52. The van der Waals surface area contributed by atoms with Gasteiger partial charge in [0.1, 0.15) is 5.75 Å². The lowest BCUT2D eigenvalue weighted by Crippen LogP contribution is -2.53. The molecule has 2 N–H and O–H groups in total. The van der Waals surface area contributed by atoms with E-state index in [2.05, 4.69) is 17.0 Å². The van der Waals surface area contributed by atoms with E-state index in [4.69, 9.17) is 10.5 Å². The van der Waals surface area contributed by atoms with Gasteiger partial charge < -0.3 is 15.4 Å². The zero-order valence-electron chi connectivity index (χ0n) is 15.7. The van der Waals surface area contributed by atoms with Crippen molar-refractivity contribution in [1.29, 1.82) is 0 Å². The van der Waals surface area contributed by atoms with Crippen molar-refractivity contribution in [3.05, 3.63) is 29.8 Å². The topological polar surface area (TPSA) is 55.6 Å². The Morgan fingerprint density at radius 2 is 2.19 bits per heavy atom. The Labute approximate surface area is 162 Å². The number of ether oxygens (including phenoxy) is 1. The van der Waals surface area contributed by atoms with Crippen molar-refractivity contribution in [3.8, 4) is 5.75 Å². The van der Waals surface area contributed by atoms with Crippen LogP contribution in [0.5, 0.6) is 5.75 Å². The van der Waals surface area contributed by atoms with Gasteiger partial charge in [0.05, 0.1) is 12.5 Å². The van der Waals surface area contributed by atoms with E-state index in [-0.39, 0.29) is 23.9 Å². The second kappa shape index (κ2) is 7.77. The molecule has 1 heterocycles. The predicted octanol–water partition coefficient (Wildman–Crippen LogP) is 3.42. The van der Waals surface area contributed by atoms with E-state index in [1.54, 1.807) is 7.11 Å². The summed E-state index contributed by atoms with van der Waals surface area (Å²) in [6.07, 6.45) is 7.72. The number of hydrogen-bond donors (Lipinski definition) is 1. The summed E-state index contributed by atoms with van der Waals surface area (Å²) in [6, 6.07) is 8.40. The van der Waals surface area contributed by atoms with Gasteiger partial charge in [-0.1, -0.05) is 18.6 Å². The lowest BCUT2D eigenvalue weighted by Gasteiger charge is -2.42. The molecule has 0 spiro atoms. The smallest absolute Gasteiger partial charge is 0.229 e. The van der Waals surface area contributed by atoms with Gasteiger partial charge in [0, 0.05) is 19.1 Å². The molecule has 144 valence electrons. The quantitative estimate of drug-likeness (QED) is 0.873. The van der Waals surface area contributed by atoms with Crippen LogP contribution < -0.4 is 10.5 Å². The molecule has 3 fully saturated rings. The molecule has 4 nitrogen and oxygen atoms in total. The van der Waals surface area contributed by atoms with Gasteiger partial charge in [-0.25, -0.2) is 0 Å². The first-order chi connectivity index (χ1) is 12.1. The van der Waals surface area contributed by atoms with Crippen LogP contribution in [0.4, 0.5) is 0 Å². The monoisotopic (exact) mass is 378 g/mol. The lowest BCUT2D eigenvalue weighted by molar-refractivity contribution is -0.146. The van der Waals surface area contributed by atoms with Gasteiger partial charge in [-0.05, 0) is 68.1 Å². The van der Waals surface area contributed by atoms with Crippen LogP contribution in [-0.4, -0.2) is 37.0 Å². The fourth-order valence-electron chi connectivity index (χ4n) is 5.65. The number of halogens is 1. The van der Waals surface area contributed by atoms with Gasteiger partial charge in [-0.15, -0.1) is 12.4 Å². The summed E-state index contributed by atoms with van der Waals surface area (Å²) in [4.78, 5) is 15.7. The number of hydrogen-bond acceptors (Lipinski definition) is 3. The van der Waals surface area contributed by atoms with Crippen molar-refractivity contribution < 1.29 is 9.53 Å². The Morgan fingerprint density at radius 1 is 1.35 bits per heavy atom. The van der Waals surface area contributed by atoms with E-state index in [0.717, 1.165) is 50.4 Å². The second-order valence-electron chi connectivity index (χ2n) is 8.42. The molecule has 4 rings (SSSR count). The minimum atomic E-state index is -0.216. The van der Waals surface area contributed by atoms with Crippen LogP contribution in [0.1, 0.15) is 44.1 Å². The van der Waals surface area contributed by atoms with E-state index >= 15 is 0 Å². The molecule has 3 aliphatic rings. The summed E-state index contributed by atoms with van der Waals surface area (Å²) in [5, 5.41) is 0. The highest BCUT2D eigenvalue weighted by molar-refractivity contribution is 5.85. The number of piperidine rings is 1. The Balaban J connectivity index is 0.00000196. The molecule has 4 atom stereocenters. The standard InChI is InChI=1S/C21H30N2O2.ClH/c1-25-19-6-2-4-15(11-19)12-21(13-16-7-8-17(21)10-16)20(24)23-9-3-5-18(22)14-23;/h2,4,6,11,16-18H,3,5,7-10,12-14,22H2,1H3;1H. The molecule has 26 heavy (non-hydrogen) atoms.